The van der Waals surface area contributed by atoms with Gasteiger partial charge in [-0.1, -0.05) is 24.3 Å². The van der Waals surface area contributed by atoms with Crippen molar-refractivity contribution in [3.63, 3.8) is 0 Å². The van der Waals surface area contributed by atoms with E-state index < -0.39 is 0 Å². The van der Waals surface area contributed by atoms with Crippen LogP contribution in [0.2, 0.25) is 0 Å². The third-order valence-corrected chi connectivity index (χ3v) is 3.93. The Bertz CT molecular complexity index is 654. The Balaban J connectivity index is 1.89. The summed E-state index contributed by atoms with van der Waals surface area (Å²) in [6.07, 6.45) is 3.24. The predicted molar refractivity (Wildman–Crippen MR) is 75.0 cm³/mol. The number of nitrogens with zero attached hydrogens (tertiary/aromatic N) is 2. The van der Waals surface area contributed by atoms with Crippen molar-refractivity contribution in [1.82, 2.24) is 4.90 Å². The molecular formula is C16H16N2O2. The van der Waals surface area contributed by atoms with Crippen LogP contribution < -0.4 is 4.73 Å². The van der Waals surface area contributed by atoms with E-state index in [4.69, 9.17) is 0 Å². The minimum Gasteiger partial charge on any atom is -0.618 e. The molecule has 20 heavy (non-hydrogen) atoms. The van der Waals surface area contributed by atoms with Crippen LogP contribution >= 0.6 is 0 Å². The highest BCUT2D eigenvalue weighted by molar-refractivity contribution is 5.91. The van der Waals surface area contributed by atoms with E-state index in [0.29, 0.717) is 4.73 Å². The largest absolute Gasteiger partial charge is 0.618 e. The molecular weight excluding hydrogens is 252 g/mol. The molecule has 0 spiro atoms. The number of carbonyl (C=O) groups excluding carboxylic acids is 1. The molecule has 2 aromatic rings. The van der Waals surface area contributed by atoms with E-state index in [0.717, 1.165) is 12.8 Å². The highest BCUT2D eigenvalue weighted by atomic mass is 16.5. The topological polar surface area (TPSA) is 47.2 Å². The molecule has 1 amide bonds. The van der Waals surface area contributed by atoms with Crippen LogP contribution in [0.1, 0.15) is 34.1 Å². The average Bonchev–Trinajstić information content (AvgIpc) is 2.90. The van der Waals surface area contributed by atoms with Crippen LogP contribution in [0.5, 0.6) is 0 Å². The summed E-state index contributed by atoms with van der Waals surface area (Å²) in [5, 5.41) is 11.7. The molecule has 4 nitrogen and oxygen atoms in total. The molecule has 0 unspecified atom stereocenters. The first kappa shape index (κ1) is 12.7. The minimum absolute atomic E-state index is 0.0545. The van der Waals surface area contributed by atoms with E-state index in [1.54, 1.807) is 30.1 Å². The molecule has 1 aromatic carbocycles. The molecule has 3 rings (SSSR count). The first-order valence-electron chi connectivity index (χ1n) is 6.71. The lowest BCUT2D eigenvalue weighted by Gasteiger charge is -2.24. The summed E-state index contributed by atoms with van der Waals surface area (Å²) in [6.45, 7) is 0. The number of hydrogen-bond donors (Lipinski definition) is 0. The highest BCUT2D eigenvalue weighted by Gasteiger charge is 2.31. The first-order valence-corrected chi connectivity index (χ1v) is 6.71. The summed E-state index contributed by atoms with van der Waals surface area (Å²) < 4.78 is 0.625. The standard InChI is InChI=1S/C16H16N2O2/c1-17(16(19)15-8-4-5-11-18(15)20)14-10-9-12-6-2-3-7-13(12)14/h2-8,11,14H,9-10H2,1H3/t14-/m1/s1. The molecule has 1 atom stereocenters. The van der Waals surface area contributed by atoms with Crippen molar-refractivity contribution in [1.29, 1.82) is 0 Å². The maximum Gasteiger partial charge on any atom is 0.320 e. The van der Waals surface area contributed by atoms with E-state index in [-0.39, 0.29) is 17.6 Å². The molecule has 0 saturated heterocycles. The Morgan fingerprint density at radius 1 is 1.25 bits per heavy atom. The van der Waals surface area contributed by atoms with Crippen molar-refractivity contribution in [3.8, 4) is 0 Å². The van der Waals surface area contributed by atoms with E-state index in [1.165, 1.54) is 17.3 Å². The van der Waals surface area contributed by atoms with Gasteiger partial charge in [0.2, 0.25) is 0 Å². The number of rotatable bonds is 2. The third-order valence-electron chi connectivity index (χ3n) is 3.93. The van der Waals surface area contributed by atoms with Gasteiger partial charge in [-0.25, -0.2) is 0 Å². The molecule has 1 heterocycles. The van der Waals surface area contributed by atoms with Crippen molar-refractivity contribution in [2.45, 2.75) is 18.9 Å². The Hall–Kier alpha value is -2.36. The van der Waals surface area contributed by atoms with Gasteiger partial charge in [-0.3, -0.25) is 4.79 Å². The van der Waals surface area contributed by atoms with Gasteiger partial charge in [0.25, 0.3) is 5.69 Å². The molecule has 0 N–H and O–H groups in total. The number of hydrogen-bond acceptors (Lipinski definition) is 2. The average molecular weight is 268 g/mol. The van der Waals surface area contributed by atoms with Crippen molar-refractivity contribution < 1.29 is 9.52 Å². The first-order chi connectivity index (χ1) is 9.68. The van der Waals surface area contributed by atoms with Crippen LogP contribution in [0.3, 0.4) is 0 Å². The summed E-state index contributed by atoms with van der Waals surface area (Å²) in [5.74, 6) is -0.234. The van der Waals surface area contributed by atoms with Gasteiger partial charge in [-0.15, -0.1) is 0 Å². The maximum absolute atomic E-state index is 12.5. The van der Waals surface area contributed by atoms with Crippen LogP contribution in [0.15, 0.2) is 48.7 Å². The number of aromatic nitrogens is 1. The number of pyridine rings is 1. The van der Waals surface area contributed by atoms with Gasteiger partial charge >= 0.3 is 5.91 Å². The summed E-state index contributed by atoms with van der Waals surface area (Å²) in [5.41, 5.74) is 2.65. The number of benzene rings is 1. The van der Waals surface area contributed by atoms with Gasteiger partial charge in [0, 0.05) is 19.2 Å². The van der Waals surface area contributed by atoms with Crippen molar-refractivity contribution >= 4 is 5.91 Å². The van der Waals surface area contributed by atoms with Gasteiger partial charge < -0.3 is 10.1 Å². The monoisotopic (exact) mass is 268 g/mol. The molecule has 4 heteroatoms. The Labute approximate surface area is 117 Å². The smallest absolute Gasteiger partial charge is 0.320 e. The van der Waals surface area contributed by atoms with Crippen molar-refractivity contribution in [3.05, 3.63) is 70.7 Å². The molecule has 0 bridgehead atoms. The zero-order valence-corrected chi connectivity index (χ0v) is 11.3. The number of carbonyl (C=O) groups is 1. The summed E-state index contributed by atoms with van der Waals surface area (Å²) in [6, 6.07) is 13.1. The van der Waals surface area contributed by atoms with Crippen LogP contribution in [0.25, 0.3) is 0 Å². The molecule has 1 aromatic heterocycles. The normalized spacial score (nSPS) is 16.8. The lowest BCUT2D eigenvalue weighted by Crippen LogP contribution is -2.40. The highest BCUT2D eigenvalue weighted by Crippen LogP contribution is 2.35. The molecule has 0 saturated carbocycles. The van der Waals surface area contributed by atoms with E-state index in [2.05, 4.69) is 12.1 Å². The van der Waals surface area contributed by atoms with Crippen LogP contribution in [0.4, 0.5) is 0 Å². The fourth-order valence-corrected chi connectivity index (χ4v) is 2.85. The lowest BCUT2D eigenvalue weighted by atomic mass is 10.1. The molecule has 0 aliphatic heterocycles. The maximum atomic E-state index is 12.5. The third kappa shape index (κ3) is 2.03. The lowest BCUT2D eigenvalue weighted by molar-refractivity contribution is -0.608. The Morgan fingerprint density at radius 3 is 2.80 bits per heavy atom. The van der Waals surface area contributed by atoms with E-state index in [1.807, 2.05) is 12.1 Å². The van der Waals surface area contributed by atoms with Crippen molar-refractivity contribution in [2.24, 2.45) is 0 Å². The fourth-order valence-electron chi connectivity index (χ4n) is 2.85. The van der Waals surface area contributed by atoms with Gasteiger partial charge in [0.15, 0.2) is 6.20 Å². The van der Waals surface area contributed by atoms with E-state index >= 15 is 0 Å². The van der Waals surface area contributed by atoms with Crippen molar-refractivity contribution in [2.75, 3.05) is 7.05 Å². The zero-order valence-electron chi connectivity index (χ0n) is 11.3. The van der Waals surface area contributed by atoms with Gasteiger partial charge in [0.1, 0.15) is 0 Å². The molecule has 1 aliphatic carbocycles. The van der Waals surface area contributed by atoms with Crippen LogP contribution in [-0.2, 0) is 6.42 Å². The fraction of sp³-hybridized carbons (Fsp3) is 0.250. The summed E-state index contributed by atoms with van der Waals surface area (Å²) in [4.78, 5) is 14.1. The molecule has 102 valence electrons. The molecule has 1 aliphatic rings. The number of amides is 1. The predicted octanol–water partition coefficient (Wildman–Crippen LogP) is 2.08. The molecule has 0 fully saturated rings. The second-order valence-electron chi connectivity index (χ2n) is 5.08. The Morgan fingerprint density at radius 2 is 2.00 bits per heavy atom. The summed E-state index contributed by atoms with van der Waals surface area (Å²) >= 11 is 0. The zero-order chi connectivity index (χ0) is 14.1. The van der Waals surface area contributed by atoms with Gasteiger partial charge in [-0.2, -0.15) is 4.73 Å². The second-order valence-corrected chi connectivity index (χ2v) is 5.08. The van der Waals surface area contributed by atoms with E-state index in [9.17, 15) is 10.0 Å². The summed E-state index contributed by atoms with van der Waals surface area (Å²) in [7, 11) is 1.77. The van der Waals surface area contributed by atoms with Gasteiger partial charge in [-0.05, 0) is 30.0 Å². The number of aryl methyl sites for hydroxylation is 1. The van der Waals surface area contributed by atoms with Crippen LogP contribution in [-0.4, -0.2) is 17.9 Å². The quantitative estimate of drug-likeness (QED) is 0.618. The Kier molecular flexibility index (Phi) is 3.14. The second kappa shape index (κ2) is 4.96. The van der Waals surface area contributed by atoms with Gasteiger partial charge in [0.05, 0.1) is 6.04 Å². The SMILES string of the molecule is CN(C(=O)c1cccc[n+]1[O-])[C@@H]1CCc2ccccc21. The minimum atomic E-state index is -0.234. The van der Waals surface area contributed by atoms with Crippen LogP contribution in [0, 0.1) is 5.21 Å². The molecule has 0 radical (unpaired) electrons. The number of fused-ring (bicyclic) bond motifs is 1.